The second-order valence-corrected chi connectivity index (χ2v) is 8.27. The van der Waals surface area contributed by atoms with Gasteiger partial charge in [0.2, 0.25) is 5.88 Å². The van der Waals surface area contributed by atoms with Crippen LogP contribution in [-0.2, 0) is 4.74 Å². The number of aliphatic hydroxyl groups excluding tert-OH is 1. The Balaban J connectivity index is 1.59. The standard InChI is InChI=1S/C25H29N5O4/c1-18-3-4-21(27-25(32)30-6-5-19(17-30)16-26-2)15-22(18)20-13-23(29-7-10-33-11-8-29)28-24(14-20)34-12-9-31/h3-4,13-16,31H,5-12,17H2,1H3,(H,27,32)/b19-16+. The molecule has 0 radical (unpaired) electrons. The van der Waals surface area contributed by atoms with Gasteiger partial charge in [0.1, 0.15) is 12.4 Å². The maximum absolute atomic E-state index is 12.8. The van der Waals surface area contributed by atoms with Crippen LogP contribution < -0.4 is 15.0 Å². The molecule has 0 atom stereocenters. The monoisotopic (exact) mass is 463 g/mol. The molecular weight excluding hydrogens is 434 g/mol. The summed E-state index contributed by atoms with van der Waals surface area (Å²) < 4.78 is 11.1. The lowest BCUT2D eigenvalue weighted by Gasteiger charge is -2.28. The van der Waals surface area contributed by atoms with Crippen LogP contribution in [0.15, 0.2) is 42.1 Å². The first-order valence-electron chi connectivity index (χ1n) is 11.4. The summed E-state index contributed by atoms with van der Waals surface area (Å²) in [7, 11) is 0. The molecule has 3 heterocycles. The normalized spacial score (nSPS) is 17.0. The van der Waals surface area contributed by atoms with E-state index in [1.54, 1.807) is 4.90 Å². The number of benzene rings is 1. The van der Waals surface area contributed by atoms with Gasteiger partial charge in [-0.15, -0.1) is 0 Å². The minimum Gasteiger partial charge on any atom is -0.475 e. The number of aryl methyl sites for hydroxylation is 1. The van der Waals surface area contributed by atoms with Crippen LogP contribution in [0.1, 0.15) is 12.0 Å². The van der Waals surface area contributed by atoms with Gasteiger partial charge in [0, 0.05) is 37.9 Å². The van der Waals surface area contributed by atoms with Gasteiger partial charge in [0.05, 0.1) is 26.4 Å². The van der Waals surface area contributed by atoms with Crippen molar-refractivity contribution >= 4 is 17.5 Å². The smallest absolute Gasteiger partial charge is 0.322 e. The van der Waals surface area contributed by atoms with Crippen molar-refractivity contribution < 1.29 is 19.4 Å². The molecule has 2 fully saturated rings. The zero-order chi connectivity index (χ0) is 23.9. The molecule has 0 saturated carbocycles. The van der Waals surface area contributed by atoms with E-state index in [-0.39, 0.29) is 19.2 Å². The third-order valence-corrected chi connectivity index (χ3v) is 5.90. The van der Waals surface area contributed by atoms with Crippen molar-refractivity contribution in [2.75, 3.05) is 62.8 Å². The topological polar surface area (TPSA) is 91.5 Å². The van der Waals surface area contributed by atoms with E-state index < -0.39 is 0 Å². The highest BCUT2D eigenvalue weighted by Crippen LogP contribution is 2.32. The predicted octanol–water partition coefficient (Wildman–Crippen LogP) is 3.31. The Morgan fingerprint density at radius 2 is 2.12 bits per heavy atom. The molecule has 9 heteroatoms. The number of nitrogens with one attached hydrogen (secondary N) is 1. The summed E-state index contributed by atoms with van der Waals surface area (Å²) in [4.78, 5) is 24.6. The molecule has 0 bridgehead atoms. The fourth-order valence-electron chi connectivity index (χ4n) is 4.09. The molecule has 0 unspecified atom stereocenters. The molecule has 2 amide bonds. The molecule has 1 aromatic carbocycles. The van der Waals surface area contributed by atoms with Crippen molar-refractivity contribution in [2.24, 2.45) is 0 Å². The number of pyridine rings is 1. The van der Waals surface area contributed by atoms with Crippen LogP contribution in [0.3, 0.4) is 0 Å². The number of morpholine rings is 1. The quantitative estimate of drug-likeness (QED) is 0.639. The minimum absolute atomic E-state index is 0.0946. The number of aliphatic hydroxyl groups is 1. The maximum Gasteiger partial charge on any atom is 0.322 e. The van der Waals surface area contributed by atoms with Crippen molar-refractivity contribution in [1.29, 1.82) is 0 Å². The lowest BCUT2D eigenvalue weighted by molar-refractivity contribution is 0.122. The van der Waals surface area contributed by atoms with Crippen LogP contribution in [0.25, 0.3) is 16.0 Å². The van der Waals surface area contributed by atoms with Crippen LogP contribution in [-0.4, -0.2) is 73.6 Å². The Bertz CT molecular complexity index is 1100. The lowest BCUT2D eigenvalue weighted by Crippen LogP contribution is -2.36. The summed E-state index contributed by atoms with van der Waals surface area (Å²) in [6.07, 6.45) is 2.23. The van der Waals surface area contributed by atoms with E-state index >= 15 is 0 Å². The van der Waals surface area contributed by atoms with Gasteiger partial charge in [-0.3, -0.25) is 0 Å². The maximum atomic E-state index is 12.8. The first-order chi connectivity index (χ1) is 16.6. The average Bonchev–Trinajstić information content (AvgIpc) is 3.33. The van der Waals surface area contributed by atoms with E-state index in [1.165, 1.54) is 6.20 Å². The van der Waals surface area contributed by atoms with Crippen LogP contribution in [0.4, 0.5) is 16.3 Å². The molecule has 4 rings (SSSR count). The number of amides is 2. The molecule has 2 aromatic rings. The zero-order valence-electron chi connectivity index (χ0n) is 19.3. The average molecular weight is 464 g/mol. The fourth-order valence-corrected chi connectivity index (χ4v) is 4.09. The summed E-state index contributed by atoms with van der Waals surface area (Å²) in [6.45, 7) is 12.9. The number of carbonyl (C=O) groups is 1. The van der Waals surface area contributed by atoms with Crippen LogP contribution in [0.5, 0.6) is 5.88 Å². The van der Waals surface area contributed by atoms with Crippen LogP contribution in [0.2, 0.25) is 0 Å². The Morgan fingerprint density at radius 3 is 2.88 bits per heavy atom. The molecule has 0 spiro atoms. The van der Waals surface area contributed by atoms with Crippen LogP contribution >= 0.6 is 0 Å². The van der Waals surface area contributed by atoms with Crippen molar-refractivity contribution in [1.82, 2.24) is 9.88 Å². The molecule has 0 aliphatic carbocycles. The first kappa shape index (κ1) is 23.5. The van der Waals surface area contributed by atoms with Gasteiger partial charge in [-0.2, -0.15) is 4.98 Å². The Morgan fingerprint density at radius 1 is 1.29 bits per heavy atom. The number of rotatable bonds is 6. The molecule has 9 nitrogen and oxygen atoms in total. The fraction of sp³-hybridized carbons (Fsp3) is 0.400. The molecule has 34 heavy (non-hydrogen) atoms. The van der Waals surface area contributed by atoms with E-state index in [1.807, 2.05) is 37.3 Å². The summed E-state index contributed by atoms with van der Waals surface area (Å²) >= 11 is 0. The highest BCUT2D eigenvalue weighted by Gasteiger charge is 2.22. The highest BCUT2D eigenvalue weighted by molar-refractivity contribution is 5.91. The first-order valence-corrected chi connectivity index (χ1v) is 11.4. The number of hydrogen-bond acceptors (Lipinski definition) is 6. The number of ether oxygens (including phenoxy) is 2. The van der Waals surface area contributed by atoms with Gasteiger partial charge in [0.15, 0.2) is 6.20 Å². The molecule has 2 aliphatic heterocycles. The summed E-state index contributed by atoms with van der Waals surface area (Å²) in [6, 6.07) is 9.51. The van der Waals surface area contributed by atoms with Gasteiger partial charge >= 0.3 is 6.03 Å². The molecular formula is C25H29N5O4. The second-order valence-electron chi connectivity index (χ2n) is 8.27. The van der Waals surface area contributed by atoms with Gasteiger partial charge in [-0.05, 0) is 48.2 Å². The molecule has 1 aromatic heterocycles. The number of anilines is 2. The summed E-state index contributed by atoms with van der Waals surface area (Å²) in [5.41, 5.74) is 4.59. The van der Waals surface area contributed by atoms with E-state index in [2.05, 4.69) is 20.0 Å². The molecule has 178 valence electrons. The second kappa shape index (κ2) is 11.0. The van der Waals surface area contributed by atoms with E-state index in [0.717, 1.165) is 47.6 Å². The van der Waals surface area contributed by atoms with E-state index in [4.69, 9.17) is 16.0 Å². The van der Waals surface area contributed by atoms with Crippen molar-refractivity contribution in [2.45, 2.75) is 13.3 Å². The van der Waals surface area contributed by atoms with Gasteiger partial charge in [0.25, 0.3) is 0 Å². The Hall–Kier alpha value is -3.61. The number of aromatic nitrogens is 1. The number of nitrogens with zero attached hydrogens (tertiary/aromatic N) is 4. The summed E-state index contributed by atoms with van der Waals surface area (Å²) in [5.74, 6) is 1.23. The molecule has 2 saturated heterocycles. The van der Waals surface area contributed by atoms with E-state index in [9.17, 15) is 9.90 Å². The van der Waals surface area contributed by atoms with Crippen molar-refractivity contribution in [3.63, 3.8) is 0 Å². The van der Waals surface area contributed by atoms with Crippen molar-refractivity contribution in [3.8, 4) is 17.0 Å². The third kappa shape index (κ3) is 5.65. The third-order valence-electron chi connectivity index (χ3n) is 5.90. The molecule has 2 aliphatic rings. The number of carbonyl (C=O) groups excluding carboxylic acids is 1. The number of likely N-dealkylation sites (tertiary alicyclic amines) is 1. The van der Waals surface area contributed by atoms with Gasteiger partial charge in [-0.1, -0.05) is 11.6 Å². The number of urea groups is 1. The van der Waals surface area contributed by atoms with Crippen LogP contribution in [0, 0.1) is 13.5 Å². The largest absolute Gasteiger partial charge is 0.475 e. The minimum atomic E-state index is -0.182. The molecule has 2 N–H and O–H groups in total. The lowest BCUT2D eigenvalue weighted by atomic mass is 10.0. The SMILES string of the molecule is [C-]#[N+]/C=C1\CCN(C(=O)Nc2ccc(C)c(-c3cc(OCCO)nc(N4CCOCC4)c3)c2)C1. The van der Waals surface area contributed by atoms with E-state index in [0.29, 0.717) is 37.9 Å². The predicted molar refractivity (Wildman–Crippen MR) is 130 cm³/mol. The van der Waals surface area contributed by atoms with Gasteiger partial charge in [-0.25, -0.2) is 9.64 Å². The highest BCUT2D eigenvalue weighted by atomic mass is 16.5. The van der Waals surface area contributed by atoms with Crippen molar-refractivity contribution in [3.05, 3.63) is 59.1 Å². The Kier molecular flexibility index (Phi) is 7.62. The summed E-state index contributed by atoms with van der Waals surface area (Å²) in [5, 5.41) is 12.2. The number of hydrogen-bond donors (Lipinski definition) is 2. The van der Waals surface area contributed by atoms with Gasteiger partial charge < -0.3 is 29.7 Å². The Labute approximate surface area is 199 Å². The zero-order valence-corrected chi connectivity index (χ0v) is 19.3.